The van der Waals surface area contributed by atoms with E-state index in [2.05, 4.69) is 19.1 Å². The van der Waals surface area contributed by atoms with Crippen LogP contribution in [0.1, 0.15) is 71.1 Å². The molecule has 0 saturated heterocycles. The van der Waals surface area contributed by atoms with Gasteiger partial charge in [0.05, 0.1) is 6.61 Å². The van der Waals surface area contributed by atoms with Gasteiger partial charge in [-0.2, -0.15) is 0 Å². The molecule has 20 heavy (non-hydrogen) atoms. The lowest BCUT2D eigenvalue weighted by atomic mass is 10.1. The Labute approximate surface area is 122 Å². The molecule has 0 aromatic rings. The van der Waals surface area contributed by atoms with Crippen molar-refractivity contribution >= 4 is 11.9 Å². The summed E-state index contributed by atoms with van der Waals surface area (Å²) in [7, 11) is 0. The highest BCUT2D eigenvalue weighted by molar-refractivity contribution is 5.69. The summed E-state index contributed by atoms with van der Waals surface area (Å²) in [5.74, 6) is -0.960. The van der Waals surface area contributed by atoms with Crippen LogP contribution in [-0.4, -0.2) is 23.7 Å². The van der Waals surface area contributed by atoms with E-state index < -0.39 is 5.97 Å². The van der Waals surface area contributed by atoms with E-state index in [1.54, 1.807) is 0 Å². The summed E-state index contributed by atoms with van der Waals surface area (Å²) in [4.78, 5) is 21.6. The highest BCUT2D eigenvalue weighted by atomic mass is 16.5. The molecule has 0 atom stereocenters. The van der Waals surface area contributed by atoms with Gasteiger partial charge in [0.1, 0.15) is 0 Å². The Morgan fingerprint density at radius 1 is 0.950 bits per heavy atom. The number of rotatable bonds is 13. The summed E-state index contributed by atoms with van der Waals surface area (Å²) in [5, 5.41) is 8.46. The van der Waals surface area contributed by atoms with Crippen molar-refractivity contribution in [1.29, 1.82) is 0 Å². The van der Waals surface area contributed by atoms with E-state index in [1.165, 1.54) is 19.3 Å². The molecule has 4 heteroatoms. The minimum Gasteiger partial charge on any atom is -0.481 e. The third-order valence-electron chi connectivity index (χ3n) is 2.96. The molecule has 0 aliphatic rings. The Kier molecular flexibility index (Phi) is 13.2. The number of aliphatic carboxylic acids is 1. The van der Waals surface area contributed by atoms with Crippen LogP contribution in [-0.2, 0) is 14.3 Å². The first-order chi connectivity index (χ1) is 9.66. The maximum Gasteiger partial charge on any atom is 0.305 e. The van der Waals surface area contributed by atoms with Crippen molar-refractivity contribution in [3.63, 3.8) is 0 Å². The van der Waals surface area contributed by atoms with Gasteiger partial charge in [0, 0.05) is 12.8 Å². The zero-order chi connectivity index (χ0) is 15.1. The molecule has 0 heterocycles. The largest absolute Gasteiger partial charge is 0.481 e. The monoisotopic (exact) mass is 284 g/mol. The van der Waals surface area contributed by atoms with Crippen molar-refractivity contribution in [2.45, 2.75) is 71.1 Å². The van der Waals surface area contributed by atoms with Crippen LogP contribution in [0.2, 0.25) is 0 Å². The van der Waals surface area contributed by atoms with E-state index in [0.29, 0.717) is 25.9 Å². The molecule has 0 unspecified atom stereocenters. The molecule has 0 aromatic carbocycles. The fourth-order valence-electron chi connectivity index (χ4n) is 1.78. The second kappa shape index (κ2) is 14.1. The van der Waals surface area contributed by atoms with E-state index in [9.17, 15) is 9.59 Å². The average molecular weight is 284 g/mol. The van der Waals surface area contributed by atoms with Gasteiger partial charge in [0.2, 0.25) is 0 Å². The van der Waals surface area contributed by atoms with Crippen molar-refractivity contribution in [2.24, 2.45) is 0 Å². The van der Waals surface area contributed by atoms with E-state index >= 15 is 0 Å². The Morgan fingerprint density at radius 2 is 1.65 bits per heavy atom. The third kappa shape index (κ3) is 14.7. The van der Waals surface area contributed by atoms with Gasteiger partial charge in [-0.3, -0.25) is 9.59 Å². The smallest absolute Gasteiger partial charge is 0.305 e. The number of hydrogen-bond donors (Lipinski definition) is 1. The SMILES string of the molecule is CCCCC/C=C\CCOC(=O)CCCCCC(=O)O. The topological polar surface area (TPSA) is 63.6 Å². The zero-order valence-electron chi connectivity index (χ0n) is 12.6. The quantitative estimate of drug-likeness (QED) is 0.314. The predicted octanol–water partition coefficient (Wildman–Crippen LogP) is 4.09. The average Bonchev–Trinajstić information content (AvgIpc) is 2.41. The Hall–Kier alpha value is -1.32. The molecule has 4 nitrogen and oxygen atoms in total. The fourth-order valence-corrected chi connectivity index (χ4v) is 1.78. The number of hydrogen-bond acceptors (Lipinski definition) is 3. The number of carboxylic acids is 1. The van der Waals surface area contributed by atoms with Gasteiger partial charge in [-0.05, 0) is 32.1 Å². The van der Waals surface area contributed by atoms with Crippen LogP contribution in [0.3, 0.4) is 0 Å². The van der Waals surface area contributed by atoms with Gasteiger partial charge in [-0.25, -0.2) is 0 Å². The summed E-state index contributed by atoms with van der Waals surface area (Å²) >= 11 is 0. The molecule has 116 valence electrons. The van der Waals surface area contributed by atoms with Gasteiger partial charge >= 0.3 is 11.9 Å². The van der Waals surface area contributed by atoms with Gasteiger partial charge in [-0.15, -0.1) is 0 Å². The molecule has 1 N–H and O–H groups in total. The molecule has 0 aliphatic heterocycles. The van der Waals surface area contributed by atoms with Crippen LogP contribution in [0, 0.1) is 0 Å². The van der Waals surface area contributed by atoms with E-state index in [-0.39, 0.29) is 12.4 Å². The van der Waals surface area contributed by atoms with Gasteiger partial charge in [0.15, 0.2) is 0 Å². The Bertz CT molecular complexity index is 284. The molecule has 0 rings (SSSR count). The number of allylic oxidation sites excluding steroid dienone is 1. The van der Waals surface area contributed by atoms with E-state index in [1.807, 2.05) is 0 Å². The lowest BCUT2D eigenvalue weighted by Gasteiger charge is -2.02. The second-order valence-electron chi connectivity index (χ2n) is 4.93. The van der Waals surface area contributed by atoms with Gasteiger partial charge in [0.25, 0.3) is 0 Å². The number of carbonyl (C=O) groups excluding carboxylic acids is 1. The van der Waals surface area contributed by atoms with E-state index in [0.717, 1.165) is 19.3 Å². The maximum atomic E-state index is 11.4. The van der Waals surface area contributed by atoms with Crippen LogP contribution in [0.4, 0.5) is 0 Å². The van der Waals surface area contributed by atoms with Crippen molar-refractivity contribution in [3.8, 4) is 0 Å². The molecule has 0 bridgehead atoms. The summed E-state index contributed by atoms with van der Waals surface area (Å²) < 4.78 is 5.09. The lowest BCUT2D eigenvalue weighted by Crippen LogP contribution is -2.05. The minimum atomic E-state index is -0.779. The highest BCUT2D eigenvalue weighted by Crippen LogP contribution is 2.04. The molecule has 0 radical (unpaired) electrons. The molecular weight excluding hydrogens is 256 g/mol. The van der Waals surface area contributed by atoms with Crippen molar-refractivity contribution in [1.82, 2.24) is 0 Å². The molecule has 0 aromatic heterocycles. The molecule has 0 aliphatic carbocycles. The summed E-state index contributed by atoms with van der Waals surface area (Å²) in [6.07, 6.45) is 12.5. The number of ether oxygens (including phenoxy) is 1. The normalized spacial score (nSPS) is 10.8. The standard InChI is InChI=1S/C16H28O4/c1-2-3-4-5-6-7-11-14-20-16(19)13-10-8-9-12-15(17)18/h6-7H,2-5,8-14H2,1H3,(H,17,18)/b7-6-. The summed E-state index contributed by atoms with van der Waals surface area (Å²) in [5.41, 5.74) is 0. The molecular formula is C16H28O4. The van der Waals surface area contributed by atoms with Crippen LogP contribution < -0.4 is 0 Å². The first-order valence-corrected chi connectivity index (χ1v) is 7.69. The number of esters is 1. The van der Waals surface area contributed by atoms with Crippen molar-refractivity contribution in [2.75, 3.05) is 6.61 Å². The Morgan fingerprint density at radius 3 is 2.35 bits per heavy atom. The van der Waals surface area contributed by atoms with Gasteiger partial charge < -0.3 is 9.84 Å². The molecule has 0 amide bonds. The molecule has 0 spiro atoms. The van der Waals surface area contributed by atoms with Gasteiger partial charge in [-0.1, -0.05) is 38.3 Å². The van der Waals surface area contributed by atoms with Crippen molar-refractivity contribution < 1.29 is 19.4 Å². The summed E-state index contributed by atoms with van der Waals surface area (Å²) in [6.45, 7) is 2.63. The molecule has 0 fully saturated rings. The molecule has 0 saturated carbocycles. The number of carboxylic acid groups (broad SMARTS) is 1. The maximum absolute atomic E-state index is 11.4. The first-order valence-electron chi connectivity index (χ1n) is 7.69. The zero-order valence-corrected chi connectivity index (χ0v) is 12.6. The van der Waals surface area contributed by atoms with Crippen LogP contribution in [0.25, 0.3) is 0 Å². The van der Waals surface area contributed by atoms with Crippen LogP contribution >= 0.6 is 0 Å². The van der Waals surface area contributed by atoms with Crippen LogP contribution in [0.5, 0.6) is 0 Å². The first kappa shape index (κ1) is 18.7. The fraction of sp³-hybridized carbons (Fsp3) is 0.750. The van der Waals surface area contributed by atoms with Crippen LogP contribution in [0.15, 0.2) is 12.2 Å². The number of carbonyl (C=O) groups is 2. The Balaban J connectivity index is 3.30. The summed E-state index contributed by atoms with van der Waals surface area (Å²) in [6, 6.07) is 0. The third-order valence-corrected chi connectivity index (χ3v) is 2.96. The lowest BCUT2D eigenvalue weighted by molar-refractivity contribution is -0.143. The highest BCUT2D eigenvalue weighted by Gasteiger charge is 2.02. The number of unbranched alkanes of at least 4 members (excludes halogenated alkanes) is 5. The van der Waals surface area contributed by atoms with Crippen molar-refractivity contribution in [3.05, 3.63) is 12.2 Å². The second-order valence-corrected chi connectivity index (χ2v) is 4.93. The van der Waals surface area contributed by atoms with E-state index in [4.69, 9.17) is 9.84 Å². The predicted molar refractivity (Wildman–Crippen MR) is 79.6 cm³/mol. The minimum absolute atomic E-state index is 0.178.